The van der Waals surface area contributed by atoms with Crippen molar-refractivity contribution >= 4 is 5.78 Å². The number of fused-ring (bicyclic) bond motifs is 2. The number of Topliss-reactive ketones (excluding diaryl/α,β-unsaturated/α-hetero) is 1. The number of ether oxygens (including phenoxy) is 4. The molecule has 0 unspecified atom stereocenters. The molecule has 0 radical (unpaired) electrons. The Hall–Kier alpha value is -2.69. The molecule has 2 aliphatic heterocycles. The van der Waals surface area contributed by atoms with Gasteiger partial charge in [0.15, 0.2) is 17.3 Å². The van der Waals surface area contributed by atoms with Crippen LogP contribution in [0.5, 0.6) is 23.0 Å². The minimum Gasteiger partial charge on any atom is -0.496 e. The van der Waals surface area contributed by atoms with Crippen LogP contribution in [-0.4, -0.2) is 32.7 Å². The SMILES string of the molecule is COc1ccc2c(c1C)OC[C@@H](c1ccc3c(c1)OCCO3)C2=O. The Morgan fingerprint density at radius 3 is 2.62 bits per heavy atom. The third-order valence-electron chi connectivity index (χ3n) is 4.52. The van der Waals surface area contributed by atoms with Crippen LogP contribution in [0.4, 0.5) is 0 Å². The number of carbonyl (C=O) groups excluding carboxylic acids is 1. The fourth-order valence-corrected chi connectivity index (χ4v) is 3.23. The van der Waals surface area contributed by atoms with Gasteiger partial charge >= 0.3 is 0 Å². The van der Waals surface area contributed by atoms with Crippen molar-refractivity contribution in [2.45, 2.75) is 12.8 Å². The minimum absolute atomic E-state index is 0.0543. The summed E-state index contributed by atoms with van der Waals surface area (Å²) in [6.07, 6.45) is 0. The van der Waals surface area contributed by atoms with Gasteiger partial charge in [-0.05, 0) is 36.8 Å². The molecule has 5 nitrogen and oxygen atoms in total. The first kappa shape index (κ1) is 14.9. The van der Waals surface area contributed by atoms with Gasteiger partial charge in [0.2, 0.25) is 0 Å². The van der Waals surface area contributed by atoms with E-state index in [4.69, 9.17) is 18.9 Å². The van der Waals surface area contributed by atoms with Gasteiger partial charge in [-0.3, -0.25) is 4.79 Å². The van der Waals surface area contributed by atoms with E-state index >= 15 is 0 Å². The zero-order chi connectivity index (χ0) is 16.7. The highest BCUT2D eigenvalue weighted by Gasteiger charge is 2.32. The second kappa shape index (κ2) is 5.74. The monoisotopic (exact) mass is 326 g/mol. The number of ketones is 1. The molecule has 5 heteroatoms. The van der Waals surface area contributed by atoms with Crippen LogP contribution in [0.3, 0.4) is 0 Å². The molecular formula is C19H18O5. The van der Waals surface area contributed by atoms with Crippen molar-refractivity contribution < 1.29 is 23.7 Å². The lowest BCUT2D eigenvalue weighted by molar-refractivity contribution is 0.0894. The lowest BCUT2D eigenvalue weighted by atomic mass is 9.88. The van der Waals surface area contributed by atoms with Crippen molar-refractivity contribution in [1.29, 1.82) is 0 Å². The molecule has 2 heterocycles. The third-order valence-corrected chi connectivity index (χ3v) is 4.52. The standard InChI is InChI=1S/C19H18O5/c1-11-15(21-2)6-4-13-18(20)14(10-24-19(11)13)12-3-5-16-17(9-12)23-8-7-22-16/h3-6,9,14H,7-8,10H2,1-2H3/t14-/m0/s1. The Morgan fingerprint density at radius 1 is 1.04 bits per heavy atom. The van der Waals surface area contributed by atoms with Gasteiger partial charge in [0.1, 0.15) is 31.3 Å². The number of hydrogen-bond acceptors (Lipinski definition) is 5. The maximum absolute atomic E-state index is 12.9. The summed E-state index contributed by atoms with van der Waals surface area (Å²) in [5.41, 5.74) is 2.33. The Bertz CT molecular complexity index is 812. The van der Waals surface area contributed by atoms with Crippen molar-refractivity contribution in [3.05, 3.63) is 47.0 Å². The molecule has 24 heavy (non-hydrogen) atoms. The van der Waals surface area contributed by atoms with Gasteiger partial charge in [0, 0.05) is 5.56 Å². The number of benzene rings is 2. The third kappa shape index (κ3) is 2.28. The summed E-state index contributed by atoms with van der Waals surface area (Å²) < 4.78 is 22.4. The van der Waals surface area contributed by atoms with Gasteiger partial charge in [-0.1, -0.05) is 6.07 Å². The van der Waals surface area contributed by atoms with Crippen LogP contribution in [0.15, 0.2) is 30.3 Å². The number of methoxy groups -OCH3 is 1. The lowest BCUT2D eigenvalue weighted by Crippen LogP contribution is -2.27. The van der Waals surface area contributed by atoms with Gasteiger partial charge in [-0.25, -0.2) is 0 Å². The Balaban J connectivity index is 1.70. The fourth-order valence-electron chi connectivity index (χ4n) is 3.23. The maximum Gasteiger partial charge on any atom is 0.177 e. The van der Waals surface area contributed by atoms with Gasteiger partial charge in [0.25, 0.3) is 0 Å². The Labute approximate surface area is 140 Å². The first-order chi connectivity index (χ1) is 11.7. The zero-order valence-corrected chi connectivity index (χ0v) is 13.6. The van der Waals surface area contributed by atoms with E-state index in [0.29, 0.717) is 36.9 Å². The maximum atomic E-state index is 12.9. The average Bonchev–Trinajstić information content (AvgIpc) is 2.62. The van der Waals surface area contributed by atoms with E-state index in [1.807, 2.05) is 31.2 Å². The molecule has 1 atom stereocenters. The smallest absolute Gasteiger partial charge is 0.177 e. The number of carbonyl (C=O) groups is 1. The van der Waals surface area contributed by atoms with Crippen molar-refractivity contribution in [3.63, 3.8) is 0 Å². The molecule has 2 aliphatic rings. The molecule has 0 aliphatic carbocycles. The summed E-state index contributed by atoms with van der Waals surface area (Å²) in [7, 11) is 1.61. The van der Waals surface area contributed by atoms with Crippen LogP contribution < -0.4 is 18.9 Å². The quantitative estimate of drug-likeness (QED) is 0.849. The van der Waals surface area contributed by atoms with E-state index in [9.17, 15) is 4.79 Å². The second-order valence-corrected chi connectivity index (χ2v) is 5.90. The highest BCUT2D eigenvalue weighted by Crippen LogP contribution is 2.40. The molecule has 0 aromatic heterocycles. The second-order valence-electron chi connectivity index (χ2n) is 5.90. The van der Waals surface area contributed by atoms with E-state index in [1.54, 1.807) is 13.2 Å². The van der Waals surface area contributed by atoms with E-state index < -0.39 is 0 Å². The molecule has 124 valence electrons. The lowest BCUT2D eigenvalue weighted by Gasteiger charge is -2.27. The molecule has 0 saturated heterocycles. The van der Waals surface area contributed by atoms with E-state index in [0.717, 1.165) is 22.6 Å². The molecule has 0 spiro atoms. The molecule has 2 aromatic rings. The molecule has 2 aromatic carbocycles. The number of hydrogen-bond donors (Lipinski definition) is 0. The molecule has 0 saturated carbocycles. The first-order valence-electron chi connectivity index (χ1n) is 7.93. The molecule has 0 N–H and O–H groups in total. The van der Waals surface area contributed by atoms with Crippen molar-refractivity contribution in [3.8, 4) is 23.0 Å². The molecular weight excluding hydrogens is 308 g/mol. The summed E-state index contributed by atoms with van der Waals surface area (Å²) in [4.78, 5) is 12.9. The van der Waals surface area contributed by atoms with Gasteiger partial charge < -0.3 is 18.9 Å². The fraction of sp³-hybridized carbons (Fsp3) is 0.316. The number of rotatable bonds is 2. The van der Waals surface area contributed by atoms with E-state index in [1.165, 1.54) is 0 Å². The summed E-state index contributed by atoms with van der Waals surface area (Å²) >= 11 is 0. The van der Waals surface area contributed by atoms with Gasteiger partial charge in [0.05, 0.1) is 18.6 Å². The Kier molecular flexibility index (Phi) is 3.56. The Morgan fingerprint density at radius 2 is 1.83 bits per heavy atom. The van der Waals surface area contributed by atoms with Crippen molar-refractivity contribution in [1.82, 2.24) is 0 Å². The van der Waals surface area contributed by atoms with Crippen LogP contribution in [0.25, 0.3) is 0 Å². The summed E-state index contributed by atoms with van der Waals surface area (Å²) in [5.74, 6) is 2.45. The van der Waals surface area contributed by atoms with E-state index in [-0.39, 0.29) is 11.7 Å². The van der Waals surface area contributed by atoms with Crippen LogP contribution in [0.2, 0.25) is 0 Å². The average molecular weight is 326 g/mol. The summed E-state index contributed by atoms with van der Waals surface area (Å²) in [6.45, 7) is 3.27. The molecule has 0 amide bonds. The topological polar surface area (TPSA) is 54.0 Å². The predicted molar refractivity (Wildman–Crippen MR) is 87.7 cm³/mol. The zero-order valence-electron chi connectivity index (χ0n) is 13.6. The first-order valence-corrected chi connectivity index (χ1v) is 7.93. The van der Waals surface area contributed by atoms with E-state index in [2.05, 4.69) is 0 Å². The summed E-state index contributed by atoms with van der Waals surface area (Å²) in [5, 5.41) is 0. The van der Waals surface area contributed by atoms with Crippen LogP contribution in [-0.2, 0) is 0 Å². The van der Waals surface area contributed by atoms with Crippen LogP contribution >= 0.6 is 0 Å². The van der Waals surface area contributed by atoms with Crippen molar-refractivity contribution in [2.75, 3.05) is 26.9 Å². The predicted octanol–water partition coefficient (Wildman–Crippen LogP) is 3.13. The van der Waals surface area contributed by atoms with Crippen LogP contribution in [0.1, 0.15) is 27.4 Å². The minimum atomic E-state index is -0.346. The molecule has 0 bridgehead atoms. The van der Waals surface area contributed by atoms with Crippen LogP contribution in [0, 0.1) is 6.92 Å². The van der Waals surface area contributed by atoms with Crippen molar-refractivity contribution in [2.24, 2.45) is 0 Å². The largest absolute Gasteiger partial charge is 0.496 e. The molecule has 4 rings (SSSR count). The summed E-state index contributed by atoms with van der Waals surface area (Å²) in [6, 6.07) is 9.21. The van der Waals surface area contributed by atoms with Gasteiger partial charge in [-0.2, -0.15) is 0 Å². The highest BCUT2D eigenvalue weighted by atomic mass is 16.6. The normalized spacial score (nSPS) is 18.6. The molecule has 0 fully saturated rings. The van der Waals surface area contributed by atoms with Gasteiger partial charge in [-0.15, -0.1) is 0 Å². The highest BCUT2D eigenvalue weighted by molar-refractivity contribution is 6.04.